The minimum atomic E-state index is -2.12. The average molecular weight is 418 g/mol. The molecule has 1 atom stereocenters. The predicted molar refractivity (Wildman–Crippen MR) is 120 cm³/mol. The maximum absolute atomic E-state index is 13.2. The Morgan fingerprint density at radius 2 is 1.66 bits per heavy atom. The van der Waals surface area contributed by atoms with Crippen LogP contribution in [0, 0.1) is 10.1 Å². The van der Waals surface area contributed by atoms with Crippen LogP contribution >= 0.6 is 0 Å². The molecule has 0 aliphatic rings. The summed E-state index contributed by atoms with van der Waals surface area (Å²) < 4.78 is 5.73. The summed E-state index contributed by atoms with van der Waals surface area (Å²) in [5, 5.41) is 12.0. The van der Waals surface area contributed by atoms with Gasteiger partial charge in [-0.15, -0.1) is 5.73 Å². The van der Waals surface area contributed by atoms with Crippen molar-refractivity contribution in [1.82, 2.24) is 0 Å². The van der Waals surface area contributed by atoms with Crippen LogP contribution in [0.3, 0.4) is 0 Å². The third-order valence-electron chi connectivity index (χ3n) is 5.54. The Bertz CT molecular complexity index is 762. The van der Waals surface area contributed by atoms with Crippen LogP contribution in [-0.4, -0.2) is 31.1 Å². The molecule has 5 nitrogen and oxygen atoms in total. The van der Waals surface area contributed by atoms with E-state index < -0.39 is 19.6 Å². The van der Waals surface area contributed by atoms with E-state index in [1.807, 2.05) is 58.0 Å². The molecule has 0 bridgehead atoms. The second-order valence-corrected chi connectivity index (χ2v) is 13.7. The summed E-state index contributed by atoms with van der Waals surface area (Å²) in [6.07, 6.45) is 0. The highest BCUT2D eigenvalue weighted by atomic mass is 28.3. The van der Waals surface area contributed by atoms with Gasteiger partial charge in [-0.1, -0.05) is 69.2 Å². The van der Waals surface area contributed by atoms with Crippen LogP contribution in [0.25, 0.3) is 0 Å². The van der Waals surface area contributed by atoms with E-state index in [1.165, 1.54) is 0 Å². The lowest BCUT2D eigenvalue weighted by atomic mass is 9.92. The lowest BCUT2D eigenvalue weighted by Gasteiger charge is -2.31. The molecule has 0 amide bonds. The van der Waals surface area contributed by atoms with Gasteiger partial charge < -0.3 is 4.74 Å². The summed E-state index contributed by atoms with van der Waals surface area (Å²) in [5.74, 6) is -0.761. The second-order valence-electron chi connectivity index (χ2n) is 8.50. The lowest BCUT2D eigenvalue weighted by Crippen LogP contribution is -2.40. The highest BCUT2D eigenvalue weighted by Gasteiger charge is 2.38. The van der Waals surface area contributed by atoms with Crippen molar-refractivity contribution in [3.63, 3.8) is 0 Å². The molecular weight excluding hydrogens is 382 g/mol. The third kappa shape index (κ3) is 6.98. The zero-order chi connectivity index (χ0) is 22.2. The summed E-state index contributed by atoms with van der Waals surface area (Å²) in [6.45, 7) is 13.5. The van der Waals surface area contributed by atoms with E-state index in [9.17, 15) is 14.9 Å². The second kappa shape index (κ2) is 10.6. The van der Waals surface area contributed by atoms with Gasteiger partial charge in [-0.05, 0) is 38.8 Å². The molecule has 0 heterocycles. The number of benzene rings is 1. The number of nitrogens with zero attached hydrogens (tertiary/aromatic N) is 1. The van der Waals surface area contributed by atoms with Gasteiger partial charge in [0.15, 0.2) is 0 Å². The molecule has 0 spiro atoms. The summed E-state index contributed by atoms with van der Waals surface area (Å²) in [7, 11) is -2.12. The van der Waals surface area contributed by atoms with E-state index in [4.69, 9.17) is 4.74 Å². The van der Waals surface area contributed by atoms with E-state index in [0.717, 1.165) is 23.7 Å². The molecule has 0 aliphatic heterocycles. The van der Waals surface area contributed by atoms with Crippen molar-refractivity contribution in [3.8, 4) is 0 Å². The lowest BCUT2D eigenvalue weighted by molar-refractivity contribution is -0.482. The third-order valence-corrected chi connectivity index (χ3v) is 11.0. The highest BCUT2D eigenvalue weighted by Crippen LogP contribution is 2.32. The molecule has 160 valence electrons. The number of carbonyl (C=O) groups is 1. The molecule has 1 rings (SSSR count). The molecular formula is C23H35NO4Si. The largest absolute Gasteiger partial charge is 0.456 e. The van der Waals surface area contributed by atoms with Crippen LogP contribution in [-0.2, 0) is 9.53 Å². The normalized spacial score (nSPS) is 12.7. The number of hydrogen-bond donors (Lipinski definition) is 0. The maximum atomic E-state index is 13.2. The fourth-order valence-corrected chi connectivity index (χ4v) is 7.13. The monoisotopic (exact) mass is 417 g/mol. The van der Waals surface area contributed by atoms with Gasteiger partial charge in [-0.2, -0.15) is 0 Å². The minimum absolute atomic E-state index is 0.233. The molecule has 29 heavy (non-hydrogen) atoms. The number of hydrogen-bond acceptors (Lipinski definition) is 4. The van der Waals surface area contributed by atoms with Crippen molar-refractivity contribution in [2.75, 3.05) is 6.54 Å². The van der Waals surface area contributed by atoms with Crippen molar-refractivity contribution >= 4 is 14.0 Å². The zero-order valence-corrected chi connectivity index (χ0v) is 19.9. The van der Waals surface area contributed by atoms with Crippen molar-refractivity contribution < 1.29 is 14.5 Å². The fraction of sp³-hybridized carbons (Fsp3) is 0.565. The molecule has 0 radical (unpaired) electrons. The highest BCUT2D eigenvalue weighted by molar-refractivity contribution is 6.89. The average Bonchev–Trinajstić information content (AvgIpc) is 2.66. The van der Waals surface area contributed by atoms with E-state index >= 15 is 0 Å². The van der Waals surface area contributed by atoms with Gasteiger partial charge in [0.25, 0.3) is 0 Å². The molecule has 0 saturated heterocycles. The molecule has 0 aromatic heterocycles. The van der Waals surface area contributed by atoms with Crippen molar-refractivity contribution in [1.29, 1.82) is 0 Å². The summed E-state index contributed by atoms with van der Waals surface area (Å²) >= 11 is 0. The number of esters is 1. The Labute approximate surface area is 176 Å². The summed E-state index contributed by atoms with van der Waals surface area (Å²) in [6, 6.07) is 12.1. The molecule has 0 N–H and O–H groups in total. The Balaban J connectivity index is 3.69. The Hall–Kier alpha value is -2.17. The standard InChI is InChI=1S/C23H35NO4Si/c1-8-29(9-2,10-3)21(22(25)28-23(5,6)7)16-18(4)20(17-24(26)27)19-14-12-11-13-15-19/h11-15,20H,8-10,17H2,1-7H3/t16?,20-/m1/s1. The maximum Gasteiger partial charge on any atom is 0.338 e. The molecule has 0 unspecified atom stereocenters. The van der Waals surface area contributed by atoms with E-state index in [1.54, 1.807) is 0 Å². The van der Waals surface area contributed by atoms with Crippen LogP contribution < -0.4 is 0 Å². The summed E-state index contributed by atoms with van der Waals surface area (Å²) in [5.41, 5.74) is 4.31. The van der Waals surface area contributed by atoms with Crippen molar-refractivity contribution in [2.24, 2.45) is 0 Å². The zero-order valence-electron chi connectivity index (χ0n) is 18.9. The predicted octanol–water partition coefficient (Wildman–Crippen LogP) is 5.91. The number of ether oxygens (including phenoxy) is 1. The van der Waals surface area contributed by atoms with Crippen molar-refractivity contribution in [3.05, 3.63) is 62.5 Å². The Morgan fingerprint density at radius 1 is 1.14 bits per heavy atom. The van der Waals surface area contributed by atoms with Crippen LogP contribution in [0.2, 0.25) is 18.1 Å². The van der Waals surface area contributed by atoms with Gasteiger partial charge >= 0.3 is 5.97 Å². The number of carbonyl (C=O) groups excluding carboxylic acids is 1. The number of nitro groups is 1. The van der Waals surface area contributed by atoms with Gasteiger partial charge in [0.05, 0.1) is 11.1 Å². The van der Waals surface area contributed by atoms with E-state index in [0.29, 0.717) is 10.8 Å². The van der Waals surface area contributed by atoms with Crippen molar-refractivity contribution in [2.45, 2.75) is 78.1 Å². The van der Waals surface area contributed by atoms with Crippen LogP contribution in [0.4, 0.5) is 0 Å². The Morgan fingerprint density at radius 3 is 2.07 bits per heavy atom. The van der Waals surface area contributed by atoms with Gasteiger partial charge in [-0.3, -0.25) is 10.1 Å². The molecule has 0 saturated carbocycles. The molecule has 1 aromatic rings. The quantitative estimate of drug-likeness (QED) is 0.125. The summed E-state index contributed by atoms with van der Waals surface area (Å²) in [4.78, 5) is 24.2. The van der Waals surface area contributed by atoms with Crippen LogP contribution in [0.5, 0.6) is 0 Å². The van der Waals surface area contributed by atoms with E-state index in [-0.39, 0.29) is 17.4 Å². The van der Waals surface area contributed by atoms with Gasteiger partial charge in [0, 0.05) is 4.92 Å². The van der Waals surface area contributed by atoms with Gasteiger partial charge in [0.1, 0.15) is 13.7 Å². The smallest absolute Gasteiger partial charge is 0.338 e. The van der Waals surface area contributed by atoms with E-state index in [2.05, 4.69) is 26.5 Å². The van der Waals surface area contributed by atoms with Gasteiger partial charge in [-0.25, -0.2) is 4.79 Å². The van der Waals surface area contributed by atoms with Crippen LogP contribution in [0.15, 0.2) is 46.8 Å². The molecule has 0 aliphatic carbocycles. The van der Waals surface area contributed by atoms with Gasteiger partial charge in [0.2, 0.25) is 6.54 Å². The SMILES string of the molecule is CC[Si](CC)(CC)C(=C=C(C)[C@@H](C[N+](=O)[O-])c1ccccc1)C(=O)OC(C)(C)C. The molecule has 6 heteroatoms. The fourth-order valence-electron chi connectivity index (χ4n) is 3.62. The first-order valence-electron chi connectivity index (χ1n) is 10.4. The first kappa shape index (κ1) is 24.9. The first-order chi connectivity index (χ1) is 13.5. The topological polar surface area (TPSA) is 69.4 Å². The first-order valence-corrected chi connectivity index (χ1v) is 13.0. The Kier molecular flexibility index (Phi) is 9.05. The molecule has 0 fully saturated rings. The van der Waals surface area contributed by atoms with Crippen LogP contribution in [0.1, 0.15) is 59.9 Å². The minimum Gasteiger partial charge on any atom is -0.456 e. The molecule has 1 aromatic carbocycles. The number of rotatable bonds is 9.